The lowest BCUT2D eigenvalue weighted by molar-refractivity contribution is 0.596. The van der Waals surface area contributed by atoms with E-state index in [9.17, 15) is 8.42 Å². The van der Waals surface area contributed by atoms with E-state index in [1.807, 2.05) is 6.20 Å². The van der Waals surface area contributed by atoms with Crippen LogP contribution in [-0.4, -0.2) is 45.0 Å². The van der Waals surface area contributed by atoms with Crippen LogP contribution < -0.4 is 10.2 Å². The van der Waals surface area contributed by atoms with Gasteiger partial charge in [0.1, 0.15) is 9.84 Å². The lowest BCUT2D eigenvalue weighted by Gasteiger charge is -2.16. The average molecular weight is 291 g/mol. The highest BCUT2D eigenvalue weighted by molar-refractivity contribution is 7.90. The largest absolute Gasteiger partial charge is 0.349 e. The highest BCUT2D eigenvalue weighted by Gasteiger charge is 2.07. The molecular weight excluding hydrogens is 270 g/mol. The number of nitrogens with zero attached hydrogens (tertiary/aromatic N) is 2. The molecule has 0 aliphatic heterocycles. The van der Waals surface area contributed by atoms with Crippen LogP contribution in [0.2, 0.25) is 0 Å². The van der Waals surface area contributed by atoms with Gasteiger partial charge in [0.25, 0.3) is 0 Å². The van der Waals surface area contributed by atoms with Gasteiger partial charge < -0.3 is 10.2 Å². The molecule has 1 N–H and O–H groups in total. The molecule has 0 saturated heterocycles. The quantitative estimate of drug-likeness (QED) is 0.727. The van der Waals surface area contributed by atoms with Crippen molar-refractivity contribution in [1.29, 1.82) is 0 Å². The van der Waals surface area contributed by atoms with E-state index in [2.05, 4.69) is 29.0 Å². The number of sulfone groups is 1. The zero-order valence-electron chi connectivity index (χ0n) is 11.1. The second-order valence-electron chi connectivity index (χ2n) is 4.09. The lowest BCUT2D eigenvalue weighted by atomic mass is 10.5. The molecule has 5 nitrogen and oxygen atoms in total. The number of hydrogen-bond acceptors (Lipinski definition) is 6. The number of thiazole rings is 1. The van der Waals surface area contributed by atoms with Crippen molar-refractivity contribution < 1.29 is 8.42 Å². The summed E-state index contributed by atoms with van der Waals surface area (Å²) in [6.45, 7) is 7.27. The molecule has 1 aromatic rings. The smallest absolute Gasteiger partial charge is 0.185 e. The van der Waals surface area contributed by atoms with Crippen LogP contribution in [0, 0.1) is 0 Å². The van der Waals surface area contributed by atoms with Crippen molar-refractivity contribution >= 4 is 26.3 Å². The molecule has 1 aromatic heterocycles. The third-order valence-corrected chi connectivity index (χ3v) is 4.53. The van der Waals surface area contributed by atoms with E-state index >= 15 is 0 Å². The van der Waals surface area contributed by atoms with Crippen molar-refractivity contribution in [1.82, 2.24) is 10.3 Å². The summed E-state index contributed by atoms with van der Waals surface area (Å²) in [5, 5.41) is 4.15. The van der Waals surface area contributed by atoms with Crippen molar-refractivity contribution in [3.63, 3.8) is 0 Å². The molecule has 0 radical (unpaired) electrons. The molecule has 0 atom stereocenters. The molecule has 1 heterocycles. The molecule has 0 aromatic carbocycles. The van der Waals surface area contributed by atoms with Crippen LogP contribution in [0.15, 0.2) is 6.20 Å². The fraction of sp³-hybridized carbons (Fsp3) is 0.727. The summed E-state index contributed by atoms with van der Waals surface area (Å²) in [4.78, 5) is 7.70. The molecule has 0 amide bonds. The van der Waals surface area contributed by atoms with Crippen LogP contribution in [-0.2, 0) is 16.4 Å². The maximum Gasteiger partial charge on any atom is 0.185 e. The third kappa shape index (κ3) is 5.32. The van der Waals surface area contributed by atoms with Gasteiger partial charge in [-0.15, -0.1) is 11.3 Å². The lowest BCUT2D eigenvalue weighted by Crippen LogP contribution is -2.21. The zero-order chi connectivity index (χ0) is 13.6. The molecule has 0 saturated carbocycles. The molecule has 18 heavy (non-hydrogen) atoms. The van der Waals surface area contributed by atoms with E-state index < -0.39 is 9.84 Å². The van der Waals surface area contributed by atoms with Crippen molar-refractivity contribution in [2.75, 3.05) is 36.5 Å². The number of nitrogens with one attached hydrogen (secondary N) is 1. The van der Waals surface area contributed by atoms with E-state index in [-0.39, 0.29) is 5.75 Å². The zero-order valence-corrected chi connectivity index (χ0v) is 12.8. The molecule has 7 heteroatoms. The summed E-state index contributed by atoms with van der Waals surface area (Å²) in [7, 11) is -2.88. The van der Waals surface area contributed by atoms with Crippen LogP contribution >= 0.6 is 11.3 Å². The standard InChI is InChI=1S/C11H21N3O2S2/c1-4-14(5-2)11-13-9-10(17-11)8-12-6-7-18(3,15)16/h9,12H,4-8H2,1-3H3. The summed E-state index contributed by atoms with van der Waals surface area (Å²) >= 11 is 1.65. The Hall–Kier alpha value is -0.660. The Balaban J connectivity index is 2.40. The minimum Gasteiger partial charge on any atom is -0.349 e. The van der Waals surface area contributed by atoms with Gasteiger partial charge in [0, 0.05) is 43.5 Å². The Morgan fingerprint density at radius 2 is 2.06 bits per heavy atom. The molecule has 0 spiro atoms. The van der Waals surface area contributed by atoms with Crippen LogP contribution in [0.1, 0.15) is 18.7 Å². The van der Waals surface area contributed by atoms with Crippen LogP contribution in [0.25, 0.3) is 0 Å². The number of anilines is 1. The van der Waals surface area contributed by atoms with E-state index in [1.165, 1.54) is 6.26 Å². The van der Waals surface area contributed by atoms with Gasteiger partial charge in [-0.1, -0.05) is 0 Å². The number of rotatable bonds is 8. The van der Waals surface area contributed by atoms with E-state index in [1.54, 1.807) is 11.3 Å². The van der Waals surface area contributed by atoms with Gasteiger partial charge in [0.15, 0.2) is 5.13 Å². The number of aromatic nitrogens is 1. The Morgan fingerprint density at radius 1 is 1.39 bits per heavy atom. The van der Waals surface area contributed by atoms with Gasteiger partial charge in [0.2, 0.25) is 0 Å². The summed E-state index contributed by atoms with van der Waals surface area (Å²) in [6, 6.07) is 0. The highest BCUT2D eigenvalue weighted by Crippen LogP contribution is 2.21. The fourth-order valence-corrected chi connectivity index (χ4v) is 3.01. The monoisotopic (exact) mass is 291 g/mol. The van der Waals surface area contributed by atoms with Crippen molar-refractivity contribution in [3.8, 4) is 0 Å². The predicted octanol–water partition coefficient (Wildman–Crippen LogP) is 1.12. The molecule has 0 bridgehead atoms. The highest BCUT2D eigenvalue weighted by atomic mass is 32.2. The second-order valence-corrected chi connectivity index (χ2v) is 7.44. The molecule has 0 fully saturated rings. The van der Waals surface area contributed by atoms with Gasteiger partial charge in [-0.3, -0.25) is 0 Å². The SMILES string of the molecule is CCN(CC)c1ncc(CNCCS(C)(=O)=O)s1. The normalized spacial score (nSPS) is 11.7. The predicted molar refractivity (Wildman–Crippen MR) is 77.1 cm³/mol. The second kappa shape index (κ2) is 7.06. The van der Waals surface area contributed by atoms with Crippen molar-refractivity contribution in [3.05, 3.63) is 11.1 Å². The van der Waals surface area contributed by atoms with Gasteiger partial charge in [-0.05, 0) is 13.8 Å². The van der Waals surface area contributed by atoms with Crippen LogP contribution in [0.5, 0.6) is 0 Å². The molecule has 0 aliphatic carbocycles. The first kappa shape index (κ1) is 15.4. The number of hydrogen-bond donors (Lipinski definition) is 1. The molecule has 0 unspecified atom stereocenters. The van der Waals surface area contributed by atoms with Gasteiger partial charge >= 0.3 is 0 Å². The first-order chi connectivity index (χ1) is 8.46. The van der Waals surface area contributed by atoms with Gasteiger partial charge in [0.05, 0.1) is 5.75 Å². The van der Waals surface area contributed by atoms with Crippen LogP contribution in [0.4, 0.5) is 5.13 Å². The first-order valence-corrected chi connectivity index (χ1v) is 8.92. The van der Waals surface area contributed by atoms with Crippen molar-refractivity contribution in [2.45, 2.75) is 20.4 Å². The summed E-state index contributed by atoms with van der Waals surface area (Å²) in [5.74, 6) is 0.175. The van der Waals surface area contributed by atoms with Gasteiger partial charge in [-0.25, -0.2) is 13.4 Å². The minimum absolute atomic E-state index is 0.175. The summed E-state index contributed by atoms with van der Waals surface area (Å²) < 4.78 is 21.9. The third-order valence-electron chi connectivity index (χ3n) is 2.52. The maximum atomic E-state index is 11.0. The Labute approximate surface area is 113 Å². The maximum absolute atomic E-state index is 11.0. The summed E-state index contributed by atoms with van der Waals surface area (Å²) in [6.07, 6.45) is 3.10. The molecular formula is C11H21N3O2S2. The first-order valence-electron chi connectivity index (χ1n) is 6.04. The van der Waals surface area contributed by atoms with Crippen LogP contribution in [0.3, 0.4) is 0 Å². The molecule has 1 rings (SSSR count). The summed E-state index contributed by atoms with van der Waals surface area (Å²) in [5.41, 5.74) is 0. The molecule has 0 aliphatic rings. The molecule has 104 valence electrons. The Bertz CT molecular complexity index is 453. The topological polar surface area (TPSA) is 62.3 Å². The minimum atomic E-state index is -2.88. The van der Waals surface area contributed by atoms with Crippen molar-refractivity contribution in [2.24, 2.45) is 0 Å². The van der Waals surface area contributed by atoms with Gasteiger partial charge in [-0.2, -0.15) is 0 Å². The Kier molecular flexibility index (Phi) is 6.04. The Morgan fingerprint density at radius 3 is 2.61 bits per heavy atom. The van der Waals surface area contributed by atoms with E-state index in [0.29, 0.717) is 13.1 Å². The van der Waals surface area contributed by atoms with E-state index in [4.69, 9.17) is 0 Å². The average Bonchev–Trinajstić information content (AvgIpc) is 2.74. The van der Waals surface area contributed by atoms with E-state index in [0.717, 1.165) is 23.1 Å². The fourth-order valence-electron chi connectivity index (χ4n) is 1.49.